The molecule has 12 aromatic rings. The Morgan fingerprint density at radius 3 is 0.373 bits per heavy atom. The van der Waals surface area contributed by atoms with Gasteiger partial charge in [-0.2, -0.15) is 89.7 Å². The number of hydrogen-bond acceptors (Lipinski definition) is 38. The van der Waals surface area contributed by atoms with Crippen LogP contribution in [0.25, 0.3) is 68.3 Å². The molecule has 0 unspecified atom stereocenters. The second-order valence-electron chi connectivity index (χ2n) is 18.3. The minimum absolute atomic E-state index is 0. The monoisotopic (exact) mass is 1750 g/mol. The van der Waals surface area contributed by atoms with Crippen LogP contribution in [0.1, 0.15) is 12.8 Å². The summed E-state index contributed by atoms with van der Waals surface area (Å²) in [5, 5.41) is 37.1. The van der Waals surface area contributed by atoms with Crippen LogP contribution in [0.3, 0.4) is 0 Å². The predicted molar refractivity (Wildman–Crippen MR) is 354 cm³/mol. The van der Waals surface area contributed by atoms with Crippen molar-refractivity contribution in [2.45, 2.75) is 12.8 Å². The van der Waals surface area contributed by atoms with Gasteiger partial charge in [-0.15, -0.1) is 0 Å². The molecule has 38 nitrogen and oxygen atoms in total. The molecule has 0 radical (unpaired) electrons. The first kappa shape index (κ1) is 87.8. The van der Waals surface area contributed by atoms with Gasteiger partial charge in [-0.05, 0) is 0 Å². The average molecular weight is 1760 g/mol. The zero-order valence-corrected chi connectivity index (χ0v) is 58.1. The third kappa shape index (κ3) is 33.9. The molecule has 0 saturated heterocycles. The Hall–Kier alpha value is -12.2. The van der Waals surface area contributed by atoms with Crippen molar-refractivity contribution in [1.29, 1.82) is 0 Å². The minimum atomic E-state index is -1.63. The minimum Gasteiger partial charge on any atom is -0.550 e. The van der Waals surface area contributed by atoms with Crippen LogP contribution in [-0.2, 0) is 109 Å². The zero-order chi connectivity index (χ0) is 71.5. The van der Waals surface area contributed by atoms with Crippen molar-refractivity contribution < 1.29 is 129 Å². The van der Waals surface area contributed by atoms with Crippen LogP contribution in [0.2, 0.25) is 0 Å². The maximum Gasteiger partial charge on any atom is 1.00 e. The molecular formula is C60H58Ag4N30O8. The Morgan fingerprint density at radius 1 is 0.196 bits per heavy atom. The van der Waals surface area contributed by atoms with Gasteiger partial charge >= 0.3 is 89.5 Å². The van der Waals surface area contributed by atoms with E-state index in [0.717, 1.165) is 33.4 Å². The van der Waals surface area contributed by atoms with E-state index in [1.54, 1.807) is 0 Å². The van der Waals surface area contributed by atoms with E-state index in [4.69, 9.17) is 68.8 Å². The van der Waals surface area contributed by atoms with E-state index >= 15 is 0 Å². The fraction of sp³-hybridized carbons (Fsp3) is 0.0333. The first-order valence-electron chi connectivity index (χ1n) is 27.5. The quantitative estimate of drug-likeness (QED) is 0.0518. The van der Waals surface area contributed by atoms with Gasteiger partial charge in [-0.25, -0.2) is 0 Å². The number of hydrogen-bond donors (Lipinski definition) is 12. The van der Waals surface area contributed by atoms with Gasteiger partial charge in [-0.3, -0.25) is 0 Å². The summed E-state index contributed by atoms with van der Waals surface area (Å²) in [6.07, 6.45) is -2.06. The maximum absolute atomic E-state index is 9.28. The van der Waals surface area contributed by atoms with E-state index in [9.17, 15) is 39.6 Å². The molecule has 42 heteroatoms. The molecule has 12 rings (SSSR count). The fourth-order valence-electron chi connectivity index (χ4n) is 6.99. The van der Waals surface area contributed by atoms with Crippen LogP contribution >= 0.6 is 0 Å². The summed E-state index contributed by atoms with van der Waals surface area (Å²) < 4.78 is 0. The van der Waals surface area contributed by atoms with Crippen molar-refractivity contribution >= 4 is 95.3 Å². The van der Waals surface area contributed by atoms with Gasteiger partial charge in [0.2, 0.25) is 71.4 Å². The topological polar surface area (TPSA) is 705 Å². The summed E-state index contributed by atoms with van der Waals surface area (Å²) in [4.78, 5) is 107. The van der Waals surface area contributed by atoms with Gasteiger partial charge in [0.15, 0.2) is 34.9 Å². The van der Waals surface area contributed by atoms with Gasteiger partial charge in [0.25, 0.3) is 0 Å². The van der Waals surface area contributed by atoms with Gasteiger partial charge in [0, 0.05) is 70.1 Å². The average Bonchev–Trinajstić information content (AvgIpc) is 0.930. The smallest absolute Gasteiger partial charge is 0.550 e. The molecule has 0 bridgehead atoms. The van der Waals surface area contributed by atoms with Crippen LogP contribution < -0.4 is 89.2 Å². The van der Waals surface area contributed by atoms with Crippen molar-refractivity contribution in [3.63, 3.8) is 0 Å². The Balaban J connectivity index is 0.000000586. The molecule has 24 N–H and O–H groups in total. The van der Waals surface area contributed by atoms with Gasteiger partial charge < -0.3 is 108 Å². The number of aliphatic carboxylic acids is 4. The van der Waals surface area contributed by atoms with E-state index in [0.29, 0.717) is 34.9 Å². The van der Waals surface area contributed by atoms with Crippen LogP contribution in [0.5, 0.6) is 0 Å². The normalized spacial score (nSPS) is 9.33. The SMILES string of the molecule is Nc1nc(N)nc(-c2ccccc2)n1.Nc1nc(N)nc(-c2ccccc2)n1.Nc1nc(N)nc(-c2ccccc2)n1.Nc1nc(N)nc(-c2ccccc2)n1.Nc1nc(N)nc(-c2ccccc2)n1.Nc1nc(N)nc(-c2ccccc2)n1.O=C([O-])CC(=O)[O-].O=C([O-])CC(=O)[O-].[Ag+].[Ag+].[Ag+].[Ag+]. The molecule has 0 saturated carbocycles. The molecule has 0 fully saturated rings. The van der Waals surface area contributed by atoms with Crippen molar-refractivity contribution in [3.05, 3.63) is 182 Å². The van der Waals surface area contributed by atoms with E-state index in [1.807, 2.05) is 182 Å². The number of carbonyl (C=O) groups excluding carboxylic acids is 4. The molecule has 6 heterocycles. The van der Waals surface area contributed by atoms with E-state index in [-0.39, 0.29) is 161 Å². The Morgan fingerprint density at radius 2 is 0.294 bits per heavy atom. The van der Waals surface area contributed by atoms with Crippen LogP contribution in [-0.4, -0.2) is 114 Å². The molecule has 102 heavy (non-hydrogen) atoms. The summed E-state index contributed by atoms with van der Waals surface area (Å²) in [5.74, 6) is -1.90. The van der Waals surface area contributed by atoms with Gasteiger partial charge in [-0.1, -0.05) is 182 Å². The van der Waals surface area contributed by atoms with Crippen molar-refractivity contribution in [2.24, 2.45) is 0 Å². The van der Waals surface area contributed by atoms with E-state index < -0.39 is 36.7 Å². The van der Waals surface area contributed by atoms with Crippen molar-refractivity contribution in [2.75, 3.05) is 68.8 Å². The summed E-state index contributed by atoms with van der Waals surface area (Å²) in [7, 11) is 0. The first-order valence-corrected chi connectivity index (χ1v) is 27.5. The number of carboxylic acids is 4. The Labute approximate surface area is 641 Å². The number of benzene rings is 6. The first-order chi connectivity index (χ1) is 46.8. The number of aromatic nitrogens is 18. The van der Waals surface area contributed by atoms with Crippen LogP contribution in [0.15, 0.2) is 182 Å². The third-order valence-corrected chi connectivity index (χ3v) is 10.8. The number of carboxylic acid groups (broad SMARTS) is 4. The molecule has 0 aliphatic carbocycles. The molecular weight excluding hydrogens is 1700 g/mol. The summed E-state index contributed by atoms with van der Waals surface area (Å²) >= 11 is 0. The molecule has 0 atom stereocenters. The van der Waals surface area contributed by atoms with E-state index in [1.165, 1.54) is 0 Å². The number of rotatable bonds is 10. The number of nitrogen functional groups attached to an aromatic ring is 12. The number of anilines is 12. The predicted octanol–water partition coefficient (Wildman–Crippen LogP) is -2.04. The van der Waals surface area contributed by atoms with E-state index in [2.05, 4.69) is 89.7 Å². The molecule has 6 aromatic heterocycles. The summed E-state index contributed by atoms with van der Waals surface area (Å²) in [5.41, 5.74) is 70.7. The molecule has 0 aliphatic heterocycles. The van der Waals surface area contributed by atoms with Gasteiger partial charge in [0.1, 0.15) is 0 Å². The Bertz CT molecular complexity index is 3690. The second kappa shape index (κ2) is 46.2. The van der Waals surface area contributed by atoms with Crippen LogP contribution in [0, 0.1) is 0 Å². The molecule has 6 aromatic carbocycles. The van der Waals surface area contributed by atoms with Crippen LogP contribution in [0.4, 0.5) is 71.4 Å². The third-order valence-electron chi connectivity index (χ3n) is 10.8. The molecule has 0 amide bonds. The second-order valence-corrected chi connectivity index (χ2v) is 18.3. The Kier molecular flexibility index (Phi) is 39.7. The summed E-state index contributed by atoms with van der Waals surface area (Å²) in [6, 6.07) is 56.8. The fourth-order valence-corrected chi connectivity index (χ4v) is 6.99. The summed E-state index contributed by atoms with van der Waals surface area (Å²) in [6.45, 7) is 0. The van der Waals surface area contributed by atoms with Gasteiger partial charge in [0.05, 0.1) is 0 Å². The van der Waals surface area contributed by atoms with Crippen molar-refractivity contribution in [1.82, 2.24) is 89.7 Å². The molecule has 540 valence electrons. The molecule has 0 aliphatic rings. The number of nitrogens with two attached hydrogens (primary N) is 12. The zero-order valence-electron chi connectivity index (χ0n) is 52.2. The number of carbonyl (C=O) groups is 4. The van der Waals surface area contributed by atoms with Crippen molar-refractivity contribution in [3.8, 4) is 68.3 Å². The largest absolute Gasteiger partial charge is 1.00 e. The standard InChI is InChI=1S/6C9H9N5.2C3H4O4.4Ag/c6*10-8-12-7(13-9(11)14-8)6-4-2-1-3-5-6;2*4-2(5)1-3(6)7;;;;/h6*1-5H,(H4,10,11,12,13,14);2*1H2,(H,4,5)(H,6,7);;;;/q;;;;;;;;4*+1/p-4. The maximum atomic E-state index is 9.28. The molecule has 0 spiro atoms. The number of nitrogens with zero attached hydrogens (tertiary/aromatic N) is 18.